The van der Waals surface area contributed by atoms with Crippen LogP contribution in [0, 0.1) is 13.8 Å². The second-order valence-electron chi connectivity index (χ2n) is 7.23. The molecule has 0 radical (unpaired) electrons. The van der Waals surface area contributed by atoms with Gasteiger partial charge in [-0.25, -0.2) is 9.50 Å². The molecule has 0 saturated carbocycles. The molecule has 0 amide bonds. The lowest BCUT2D eigenvalue weighted by atomic mass is 10.1. The predicted octanol–water partition coefficient (Wildman–Crippen LogP) is 3.38. The van der Waals surface area contributed by atoms with Crippen LogP contribution in [-0.2, 0) is 6.54 Å². The lowest BCUT2D eigenvalue weighted by Crippen LogP contribution is -2.26. The standard InChI is InChI=1S/C20H27N5O/c1-8-24-19(15-9-10-17(23(6)7)21-14(15)5)22-25-13(4)11-16(12(2)3)18(25)20(24)26/h9-12H,8H2,1-7H3. The normalized spacial score (nSPS) is 11.5. The van der Waals surface area contributed by atoms with E-state index in [0.717, 1.165) is 28.3 Å². The van der Waals surface area contributed by atoms with Crippen molar-refractivity contribution in [1.29, 1.82) is 0 Å². The molecule has 0 fully saturated rings. The first-order valence-electron chi connectivity index (χ1n) is 9.04. The third-order valence-electron chi connectivity index (χ3n) is 4.79. The van der Waals surface area contributed by atoms with Crippen molar-refractivity contribution >= 4 is 11.3 Å². The first kappa shape index (κ1) is 18.2. The van der Waals surface area contributed by atoms with Crippen LogP contribution in [0.15, 0.2) is 23.0 Å². The lowest BCUT2D eigenvalue weighted by molar-refractivity contribution is 0.685. The van der Waals surface area contributed by atoms with Crippen LogP contribution in [0.25, 0.3) is 16.9 Å². The Labute approximate surface area is 154 Å². The van der Waals surface area contributed by atoms with E-state index in [0.29, 0.717) is 17.9 Å². The van der Waals surface area contributed by atoms with E-state index in [-0.39, 0.29) is 11.5 Å². The summed E-state index contributed by atoms with van der Waals surface area (Å²) in [6.07, 6.45) is 0. The molecule has 0 bridgehead atoms. The summed E-state index contributed by atoms with van der Waals surface area (Å²) >= 11 is 0. The molecule has 0 aromatic carbocycles. The van der Waals surface area contributed by atoms with Gasteiger partial charge in [0.05, 0.1) is 5.69 Å². The number of rotatable bonds is 4. The molecule has 0 aliphatic rings. The maximum atomic E-state index is 13.3. The van der Waals surface area contributed by atoms with Gasteiger partial charge >= 0.3 is 0 Å². The second-order valence-corrected chi connectivity index (χ2v) is 7.23. The average molecular weight is 353 g/mol. The van der Waals surface area contributed by atoms with Crippen LogP contribution in [0.2, 0.25) is 0 Å². The van der Waals surface area contributed by atoms with Crippen LogP contribution in [0.5, 0.6) is 0 Å². The number of aromatic nitrogens is 4. The topological polar surface area (TPSA) is 55.4 Å². The Kier molecular flexibility index (Phi) is 4.61. The minimum atomic E-state index is 0.00499. The molecule has 0 saturated heterocycles. The molecule has 26 heavy (non-hydrogen) atoms. The molecule has 0 spiro atoms. The quantitative estimate of drug-likeness (QED) is 0.721. The molecular formula is C20H27N5O. The molecule has 3 aromatic rings. The Bertz CT molecular complexity index is 1030. The van der Waals surface area contributed by atoms with E-state index < -0.39 is 0 Å². The zero-order valence-corrected chi connectivity index (χ0v) is 16.7. The van der Waals surface area contributed by atoms with E-state index in [1.807, 2.05) is 51.9 Å². The van der Waals surface area contributed by atoms with E-state index in [1.54, 1.807) is 9.08 Å². The van der Waals surface area contributed by atoms with Crippen molar-refractivity contribution in [1.82, 2.24) is 19.2 Å². The van der Waals surface area contributed by atoms with Gasteiger partial charge in [0.25, 0.3) is 5.56 Å². The molecule has 138 valence electrons. The fraction of sp³-hybridized carbons (Fsp3) is 0.450. The Balaban J connectivity index is 2.34. The van der Waals surface area contributed by atoms with Gasteiger partial charge in [-0.1, -0.05) is 13.8 Å². The van der Waals surface area contributed by atoms with Gasteiger partial charge in [-0.3, -0.25) is 9.36 Å². The van der Waals surface area contributed by atoms with Gasteiger partial charge in [0.2, 0.25) is 0 Å². The first-order chi connectivity index (χ1) is 12.3. The zero-order chi connectivity index (χ0) is 19.2. The molecule has 0 atom stereocenters. The van der Waals surface area contributed by atoms with Crippen LogP contribution >= 0.6 is 0 Å². The Morgan fingerprint density at radius 1 is 1.19 bits per heavy atom. The van der Waals surface area contributed by atoms with E-state index in [2.05, 4.69) is 24.9 Å². The summed E-state index contributed by atoms with van der Waals surface area (Å²) in [7, 11) is 3.93. The highest BCUT2D eigenvalue weighted by atomic mass is 16.1. The fourth-order valence-electron chi connectivity index (χ4n) is 3.33. The molecular weight excluding hydrogens is 326 g/mol. The number of pyridine rings is 1. The molecule has 6 heteroatoms. The van der Waals surface area contributed by atoms with Gasteiger partial charge in [-0.05, 0) is 50.5 Å². The highest BCUT2D eigenvalue weighted by Gasteiger charge is 2.20. The molecule has 0 aliphatic carbocycles. The van der Waals surface area contributed by atoms with Crippen molar-refractivity contribution < 1.29 is 0 Å². The third-order valence-corrected chi connectivity index (χ3v) is 4.79. The fourth-order valence-corrected chi connectivity index (χ4v) is 3.33. The van der Waals surface area contributed by atoms with Crippen LogP contribution in [0.3, 0.4) is 0 Å². The third kappa shape index (κ3) is 2.79. The van der Waals surface area contributed by atoms with Crippen LogP contribution in [0.4, 0.5) is 5.82 Å². The minimum Gasteiger partial charge on any atom is -0.363 e. The molecule has 3 heterocycles. The number of anilines is 1. The van der Waals surface area contributed by atoms with Crippen molar-refractivity contribution in [3.63, 3.8) is 0 Å². The minimum absolute atomic E-state index is 0.00499. The molecule has 0 unspecified atom stereocenters. The summed E-state index contributed by atoms with van der Waals surface area (Å²) in [4.78, 5) is 19.9. The smallest absolute Gasteiger partial charge is 0.278 e. The van der Waals surface area contributed by atoms with Gasteiger partial charge in [0, 0.05) is 31.9 Å². The van der Waals surface area contributed by atoms with Crippen LogP contribution < -0.4 is 10.5 Å². The van der Waals surface area contributed by atoms with Crippen molar-refractivity contribution in [2.24, 2.45) is 0 Å². The summed E-state index contributed by atoms with van der Waals surface area (Å²) in [5, 5.41) is 4.84. The monoisotopic (exact) mass is 353 g/mol. The van der Waals surface area contributed by atoms with E-state index in [9.17, 15) is 4.79 Å². The molecule has 0 N–H and O–H groups in total. The SMILES string of the molecule is CCn1c(-c2ccc(N(C)C)nc2C)nn2c(C)cc(C(C)C)c2c1=O. The largest absolute Gasteiger partial charge is 0.363 e. The molecule has 0 aliphatic heterocycles. The number of fused-ring (bicyclic) bond motifs is 1. The first-order valence-corrected chi connectivity index (χ1v) is 9.04. The van der Waals surface area contributed by atoms with Gasteiger partial charge < -0.3 is 4.90 Å². The predicted molar refractivity (Wildman–Crippen MR) is 106 cm³/mol. The van der Waals surface area contributed by atoms with Gasteiger partial charge in [-0.2, -0.15) is 0 Å². The van der Waals surface area contributed by atoms with Crippen molar-refractivity contribution in [2.75, 3.05) is 19.0 Å². The van der Waals surface area contributed by atoms with Gasteiger partial charge in [0.1, 0.15) is 11.3 Å². The van der Waals surface area contributed by atoms with E-state index >= 15 is 0 Å². The summed E-state index contributed by atoms with van der Waals surface area (Å²) in [5.41, 5.74) is 4.45. The molecule has 3 aromatic heterocycles. The average Bonchev–Trinajstić information content (AvgIpc) is 2.92. The Hall–Kier alpha value is -2.63. The van der Waals surface area contributed by atoms with Crippen molar-refractivity contribution in [2.45, 2.75) is 47.1 Å². The highest BCUT2D eigenvalue weighted by molar-refractivity contribution is 5.64. The van der Waals surface area contributed by atoms with E-state index in [4.69, 9.17) is 5.10 Å². The molecule has 3 rings (SSSR count). The van der Waals surface area contributed by atoms with Crippen molar-refractivity contribution in [3.05, 3.63) is 45.5 Å². The number of hydrogen-bond acceptors (Lipinski definition) is 4. The summed E-state index contributed by atoms with van der Waals surface area (Å²) in [5.74, 6) is 1.82. The van der Waals surface area contributed by atoms with Crippen LogP contribution in [-0.4, -0.2) is 33.3 Å². The molecule has 6 nitrogen and oxygen atoms in total. The van der Waals surface area contributed by atoms with Crippen molar-refractivity contribution in [3.8, 4) is 11.4 Å². The lowest BCUT2D eigenvalue weighted by Gasteiger charge is -2.16. The Morgan fingerprint density at radius 2 is 1.88 bits per heavy atom. The maximum Gasteiger partial charge on any atom is 0.278 e. The number of nitrogens with zero attached hydrogens (tertiary/aromatic N) is 5. The second kappa shape index (κ2) is 6.59. The maximum absolute atomic E-state index is 13.3. The summed E-state index contributed by atoms with van der Waals surface area (Å²) in [6, 6.07) is 6.03. The zero-order valence-electron chi connectivity index (χ0n) is 16.7. The summed E-state index contributed by atoms with van der Waals surface area (Å²) in [6.45, 7) is 10.7. The number of aryl methyl sites for hydroxylation is 2. The highest BCUT2D eigenvalue weighted by Crippen LogP contribution is 2.26. The van der Waals surface area contributed by atoms with E-state index in [1.165, 1.54) is 0 Å². The Morgan fingerprint density at radius 3 is 2.42 bits per heavy atom. The van der Waals surface area contributed by atoms with Gasteiger partial charge in [0.15, 0.2) is 5.82 Å². The van der Waals surface area contributed by atoms with Gasteiger partial charge in [-0.15, -0.1) is 5.10 Å². The number of hydrogen-bond donors (Lipinski definition) is 0. The summed E-state index contributed by atoms with van der Waals surface area (Å²) < 4.78 is 3.54. The van der Waals surface area contributed by atoms with Crippen LogP contribution in [0.1, 0.15) is 43.6 Å².